The summed E-state index contributed by atoms with van der Waals surface area (Å²) < 4.78 is 7.80. The SMILES string of the molecule is Cc1cc(Oc2ccn(-c3cccc(Cl)c3)n2)c(C)cc1/N=C/N1CCCCC1. The molecular formula is C23H25ClN4O. The Morgan fingerprint density at radius 1 is 1.03 bits per heavy atom. The number of benzene rings is 2. The van der Waals surface area contributed by atoms with Gasteiger partial charge in [-0.1, -0.05) is 17.7 Å². The predicted molar refractivity (Wildman–Crippen MR) is 118 cm³/mol. The first-order valence-corrected chi connectivity index (χ1v) is 10.4. The van der Waals surface area contributed by atoms with Crippen molar-refractivity contribution in [3.8, 4) is 17.3 Å². The second-order valence-electron chi connectivity index (χ2n) is 7.43. The summed E-state index contributed by atoms with van der Waals surface area (Å²) in [6, 6.07) is 13.5. The average molecular weight is 409 g/mol. The lowest BCUT2D eigenvalue weighted by Gasteiger charge is -2.23. The molecule has 1 aromatic heterocycles. The van der Waals surface area contributed by atoms with Gasteiger partial charge in [0.1, 0.15) is 5.75 Å². The van der Waals surface area contributed by atoms with Gasteiger partial charge >= 0.3 is 0 Å². The van der Waals surface area contributed by atoms with Crippen molar-refractivity contribution in [2.45, 2.75) is 33.1 Å². The fourth-order valence-electron chi connectivity index (χ4n) is 3.44. The standard InChI is InChI=1S/C23H25ClN4O/c1-17-14-22(18(2)13-21(17)25-16-27-10-4-3-5-11-27)29-23-9-12-28(26-23)20-8-6-7-19(24)15-20/h6-9,12-16H,3-5,10-11H2,1-2H3/b25-16+. The number of aryl methyl sites for hydroxylation is 2. The van der Waals surface area contributed by atoms with Crippen LogP contribution in [0, 0.1) is 13.8 Å². The van der Waals surface area contributed by atoms with Crippen LogP contribution in [0.3, 0.4) is 0 Å². The van der Waals surface area contributed by atoms with Crippen LogP contribution < -0.4 is 4.74 Å². The molecule has 1 aliphatic heterocycles. The molecule has 0 unspecified atom stereocenters. The summed E-state index contributed by atoms with van der Waals surface area (Å²) in [6.07, 6.45) is 7.66. The second kappa shape index (κ2) is 8.70. The van der Waals surface area contributed by atoms with Crippen LogP contribution in [0.15, 0.2) is 53.7 Å². The molecule has 1 fully saturated rings. The summed E-state index contributed by atoms with van der Waals surface area (Å²) >= 11 is 6.07. The smallest absolute Gasteiger partial charge is 0.238 e. The highest BCUT2D eigenvalue weighted by Gasteiger charge is 2.10. The monoisotopic (exact) mass is 408 g/mol. The molecule has 0 atom stereocenters. The first-order valence-electron chi connectivity index (χ1n) is 9.97. The number of aromatic nitrogens is 2. The van der Waals surface area contributed by atoms with Gasteiger partial charge in [0.25, 0.3) is 0 Å². The lowest BCUT2D eigenvalue weighted by Crippen LogP contribution is -2.28. The Morgan fingerprint density at radius 3 is 2.66 bits per heavy atom. The largest absolute Gasteiger partial charge is 0.437 e. The summed E-state index contributed by atoms with van der Waals surface area (Å²) in [5.41, 5.74) is 3.97. The molecule has 0 saturated carbocycles. The van der Waals surface area contributed by atoms with E-state index in [0.29, 0.717) is 10.9 Å². The topological polar surface area (TPSA) is 42.6 Å². The highest BCUT2D eigenvalue weighted by molar-refractivity contribution is 6.30. The van der Waals surface area contributed by atoms with E-state index in [1.54, 1.807) is 4.68 Å². The van der Waals surface area contributed by atoms with E-state index < -0.39 is 0 Å². The Balaban J connectivity index is 1.49. The number of likely N-dealkylation sites (tertiary alicyclic amines) is 1. The number of rotatable bonds is 5. The normalized spacial score (nSPS) is 14.5. The van der Waals surface area contributed by atoms with E-state index in [1.807, 2.05) is 55.9 Å². The van der Waals surface area contributed by atoms with Crippen LogP contribution in [0.4, 0.5) is 5.69 Å². The maximum atomic E-state index is 6.07. The molecule has 150 valence electrons. The maximum Gasteiger partial charge on any atom is 0.238 e. The van der Waals surface area contributed by atoms with Gasteiger partial charge in [-0.15, -0.1) is 5.10 Å². The van der Waals surface area contributed by atoms with Crippen LogP contribution in [0.2, 0.25) is 5.02 Å². The van der Waals surface area contributed by atoms with E-state index >= 15 is 0 Å². The van der Waals surface area contributed by atoms with Crippen molar-refractivity contribution in [1.29, 1.82) is 0 Å². The Hall–Kier alpha value is -2.79. The molecule has 4 rings (SSSR count). The molecule has 3 aromatic rings. The van der Waals surface area contributed by atoms with Gasteiger partial charge in [0.15, 0.2) is 0 Å². The van der Waals surface area contributed by atoms with Crippen molar-refractivity contribution in [3.05, 3.63) is 64.8 Å². The molecule has 0 aliphatic carbocycles. The summed E-state index contributed by atoms with van der Waals surface area (Å²) in [5.74, 6) is 1.33. The molecule has 0 spiro atoms. The highest BCUT2D eigenvalue weighted by atomic mass is 35.5. The van der Waals surface area contributed by atoms with E-state index in [2.05, 4.69) is 23.0 Å². The molecular weight excluding hydrogens is 384 g/mol. The van der Waals surface area contributed by atoms with E-state index in [9.17, 15) is 0 Å². The molecule has 0 radical (unpaired) electrons. The predicted octanol–water partition coefficient (Wildman–Crippen LogP) is 6.08. The van der Waals surface area contributed by atoms with Crippen LogP contribution in [-0.2, 0) is 0 Å². The van der Waals surface area contributed by atoms with Crippen molar-refractivity contribution in [1.82, 2.24) is 14.7 Å². The minimum absolute atomic E-state index is 0.539. The number of halogens is 1. The number of hydrogen-bond acceptors (Lipinski definition) is 3. The Bertz CT molecular complexity index is 1020. The lowest BCUT2D eigenvalue weighted by molar-refractivity contribution is 0.351. The molecule has 2 aromatic carbocycles. The Labute approximate surface area is 176 Å². The molecule has 2 heterocycles. The lowest BCUT2D eigenvalue weighted by atomic mass is 10.1. The Kier molecular flexibility index (Phi) is 5.86. The van der Waals surface area contributed by atoms with Crippen LogP contribution in [0.25, 0.3) is 5.69 Å². The third-order valence-corrected chi connectivity index (χ3v) is 5.33. The first kappa shape index (κ1) is 19.5. The minimum atomic E-state index is 0.539. The van der Waals surface area contributed by atoms with Gasteiger partial charge in [-0.25, -0.2) is 9.67 Å². The van der Waals surface area contributed by atoms with Crippen LogP contribution in [-0.4, -0.2) is 34.1 Å². The van der Waals surface area contributed by atoms with E-state index in [0.717, 1.165) is 41.3 Å². The van der Waals surface area contributed by atoms with Crippen molar-refractivity contribution in [2.24, 2.45) is 4.99 Å². The zero-order valence-corrected chi connectivity index (χ0v) is 17.6. The zero-order valence-electron chi connectivity index (χ0n) is 16.8. The fraction of sp³-hybridized carbons (Fsp3) is 0.304. The Morgan fingerprint density at radius 2 is 1.86 bits per heavy atom. The molecule has 0 amide bonds. The number of nitrogens with zero attached hydrogens (tertiary/aromatic N) is 4. The number of aliphatic imine (C=N–C) groups is 1. The molecule has 1 saturated heterocycles. The number of ether oxygens (including phenoxy) is 1. The third-order valence-electron chi connectivity index (χ3n) is 5.10. The summed E-state index contributed by atoms with van der Waals surface area (Å²) in [4.78, 5) is 7.00. The van der Waals surface area contributed by atoms with Crippen molar-refractivity contribution >= 4 is 23.6 Å². The van der Waals surface area contributed by atoms with Gasteiger partial charge in [0.2, 0.25) is 5.88 Å². The van der Waals surface area contributed by atoms with Gasteiger partial charge in [-0.3, -0.25) is 0 Å². The molecule has 5 nitrogen and oxygen atoms in total. The third kappa shape index (κ3) is 4.80. The van der Waals surface area contributed by atoms with Crippen LogP contribution in [0.1, 0.15) is 30.4 Å². The number of hydrogen-bond donors (Lipinski definition) is 0. The van der Waals surface area contributed by atoms with E-state index in [-0.39, 0.29) is 0 Å². The fourth-order valence-corrected chi connectivity index (χ4v) is 3.62. The van der Waals surface area contributed by atoms with Crippen molar-refractivity contribution < 1.29 is 4.74 Å². The summed E-state index contributed by atoms with van der Waals surface area (Å²) in [7, 11) is 0. The van der Waals surface area contributed by atoms with Gasteiger partial charge in [-0.2, -0.15) is 0 Å². The van der Waals surface area contributed by atoms with E-state index in [1.165, 1.54) is 19.3 Å². The van der Waals surface area contributed by atoms with Crippen LogP contribution in [0.5, 0.6) is 11.6 Å². The molecule has 0 bridgehead atoms. The number of piperidine rings is 1. The van der Waals surface area contributed by atoms with Crippen molar-refractivity contribution in [3.63, 3.8) is 0 Å². The molecule has 29 heavy (non-hydrogen) atoms. The van der Waals surface area contributed by atoms with Gasteiger partial charge in [-0.05, 0) is 74.6 Å². The van der Waals surface area contributed by atoms with Gasteiger partial charge < -0.3 is 9.64 Å². The molecule has 0 N–H and O–H groups in total. The zero-order chi connectivity index (χ0) is 20.2. The maximum absolute atomic E-state index is 6.07. The summed E-state index contributed by atoms with van der Waals surface area (Å²) in [6.45, 7) is 6.28. The second-order valence-corrected chi connectivity index (χ2v) is 7.86. The van der Waals surface area contributed by atoms with Gasteiger partial charge in [0.05, 0.1) is 17.7 Å². The highest BCUT2D eigenvalue weighted by Crippen LogP contribution is 2.31. The van der Waals surface area contributed by atoms with Crippen molar-refractivity contribution in [2.75, 3.05) is 13.1 Å². The first-order chi connectivity index (χ1) is 14.1. The van der Waals surface area contributed by atoms with E-state index in [4.69, 9.17) is 21.3 Å². The molecule has 1 aliphatic rings. The summed E-state index contributed by atoms with van der Waals surface area (Å²) in [5, 5.41) is 5.18. The minimum Gasteiger partial charge on any atom is -0.437 e. The average Bonchev–Trinajstić information content (AvgIpc) is 3.19. The van der Waals surface area contributed by atoms with Crippen LogP contribution >= 0.6 is 11.6 Å². The molecule has 6 heteroatoms. The van der Waals surface area contributed by atoms with Gasteiger partial charge in [0, 0.05) is 30.4 Å². The quantitative estimate of drug-likeness (QED) is 0.379.